The van der Waals surface area contributed by atoms with Gasteiger partial charge in [0.05, 0.1) is 7.11 Å². The summed E-state index contributed by atoms with van der Waals surface area (Å²) in [6.45, 7) is 4.36. The normalized spacial score (nSPS) is 10.5. The fourth-order valence-corrected chi connectivity index (χ4v) is 1.97. The summed E-state index contributed by atoms with van der Waals surface area (Å²) in [5.74, 6) is 1.55. The Morgan fingerprint density at radius 1 is 1.31 bits per heavy atom. The van der Waals surface area contributed by atoms with Crippen LogP contribution in [0.3, 0.4) is 0 Å². The molecule has 2 heteroatoms. The van der Waals surface area contributed by atoms with E-state index in [0.29, 0.717) is 5.92 Å². The molecule has 13 heavy (non-hydrogen) atoms. The number of thioether (sulfide) groups is 1. The van der Waals surface area contributed by atoms with E-state index in [2.05, 4.69) is 38.3 Å². The van der Waals surface area contributed by atoms with Crippen LogP contribution in [0.15, 0.2) is 23.1 Å². The van der Waals surface area contributed by atoms with Crippen LogP contribution in [0.5, 0.6) is 5.75 Å². The Morgan fingerprint density at radius 3 is 2.46 bits per heavy atom. The van der Waals surface area contributed by atoms with E-state index in [4.69, 9.17) is 4.74 Å². The van der Waals surface area contributed by atoms with Crippen molar-refractivity contribution in [2.24, 2.45) is 0 Å². The first-order valence-electron chi connectivity index (χ1n) is 4.41. The fourth-order valence-electron chi connectivity index (χ4n) is 1.37. The van der Waals surface area contributed by atoms with E-state index in [1.54, 1.807) is 18.9 Å². The summed E-state index contributed by atoms with van der Waals surface area (Å²) in [7, 11) is 1.74. The van der Waals surface area contributed by atoms with Crippen LogP contribution in [-0.4, -0.2) is 13.4 Å². The summed E-state index contributed by atoms with van der Waals surface area (Å²) >= 11 is 1.73. The number of hydrogen-bond donors (Lipinski definition) is 0. The highest BCUT2D eigenvalue weighted by molar-refractivity contribution is 7.98. The summed E-state index contributed by atoms with van der Waals surface area (Å²) in [4.78, 5) is 1.22. The van der Waals surface area contributed by atoms with Crippen LogP contribution in [0.4, 0.5) is 0 Å². The molecule has 0 heterocycles. The van der Waals surface area contributed by atoms with Gasteiger partial charge in [-0.1, -0.05) is 26.0 Å². The van der Waals surface area contributed by atoms with Crippen LogP contribution in [0, 0.1) is 0 Å². The molecule has 72 valence electrons. The molecule has 1 rings (SSSR count). The van der Waals surface area contributed by atoms with Gasteiger partial charge in [-0.2, -0.15) is 0 Å². The zero-order valence-electron chi connectivity index (χ0n) is 8.63. The molecule has 0 aromatic heterocycles. The first kappa shape index (κ1) is 10.5. The average Bonchev–Trinajstić information content (AvgIpc) is 2.16. The van der Waals surface area contributed by atoms with Crippen LogP contribution < -0.4 is 4.74 Å². The van der Waals surface area contributed by atoms with Crippen molar-refractivity contribution >= 4 is 11.8 Å². The Hall–Kier alpha value is -0.630. The van der Waals surface area contributed by atoms with Crippen molar-refractivity contribution in [3.8, 4) is 5.75 Å². The Balaban J connectivity index is 3.19. The van der Waals surface area contributed by atoms with Crippen molar-refractivity contribution in [1.82, 2.24) is 0 Å². The van der Waals surface area contributed by atoms with Crippen LogP contribution in [0.1, 0.15) is 25.3 Å². The maximum absolute atomic E-state index is 5.41. The Labute approximate surface area is 84.5 Å². The summed E-state index contributed by atoms with van der Waals surface area (Å²) in [5.41, 5.74) is 1.29. The second-order valence-corrected chi connectivity index (χ2v) is 4.09. The van der Waals surface area contributed by atoms with Crippen LogP contribution in [0.2, 0.25) is 0 Å². The van der Waals surface area contributed by atoms with Crippen molar-refractivity contribution in [2.45, 2.75) is 24.7 Å². The summed E-state index contributed by atoms with van der Waals surface area (Å²) in [6, 6.07) is 6.31. The maximum atomic E-state index is 5.41. The molecule has 0 saturated carbocycles. The predicted octanol–water partition coefficient (Wildman–Crippen LogP) is 3.54. The molecule has 1 nitrogen and oxygen atoms in total. The molecule has 0 aliphatic rings. The van der Waals surface area contributed by atoms with E-state index in [9.17, 15) is 0 Å². The van der Waals surface area contributed by atoms with Gasteiger partial charge in [-0.3, -0.25) is 0 Å². The molecule has 0 N–H and O–H groups in total. The molecule has 0 radical (unpaired) electrons. The fraction of sp³-hybridized carbons (Fsp3) is 0.455. The molecule has 0 fully saturated rings. The smallest absolute Gasteiger partial charge is 0.135 e. The summed E-state index contributed by atoms with van der Waals surface area (Å²) < 4.78 is 5.41. The number of ether oxygens (including phenoxy) is 1. The lowest BCUT2D eigenvalue weighted by Gasteiger charge is -2.14. The van der Waals surface area contributed by atoms with Gasteiger partial charge < -0.3 is 4.74 Å². The van der Waals surface area contributed by atoms with Crippen molar-refractivity contribution in [2.75, 3.05) is 13.4 Å². The number of rotatable bonds is 3. The molecule has 0 amide bonds. The standard InChI is InChI=1S/C11H16OS/c1-8(2)9-6-5-7-10(13-4)11(9)12-3/h5-8H,1-4H3. The van der Waals surface area contributed by atoms with E-state index in [-0.39, 0.29) is 0 Å². The van der Waals surface area contributed by atoms with Gasteiger partial charge in [-0.15, -0.1) is 11.8 Å². The topological polar surface area (TPSA) is 9.23 Å². The highest BCUT2D eigenvalue weighted by Gasteiger charge is 2.10. The van der Waals surface area contributed by atoms with Crippen molar-refractivity contribution in [3.05, 3.63) is 23.8 Å². The predicted molar refractivity (Wildman–Crippen MR) is 58.9 cm³/mol. The third-order valence-electron chi connectivity index (χ3n) is 2.06. The quantitative estimate of drug-likeness (QED) is 0.684. The number of benzene rings is 1. The maximum Gasteiger partial charge on any atom is 0.135 e. The Morgan fingerprint density at radius 2 is 2.00 bits per heavy atom. The van der Waals surface area contributed by atoms with Crippen molar-refractivity contribution in [3.63, 3.8) is 0 Å². The molecule has 0 unspecified atom stereocenters. The lowest BCUT2D eigenvalue weighted by molar-refractivity contribution is 0.397. The van der Waals surface area contributed by atoms with Gasteiger partial charge in [0.2, 0.25) is 0 Å². The SMILES string of the molecule is COc1c(SC)cccc1C(C)C. The van der Waals surface area contributed by atoms with Gasteiger partial charge in [-0.25, -0.2) is 0 Å². The Kier molecular flexibility index (Phi) is 3.67. The van der Waals surface area contributed by atoms with Crippen molar-refractivity contribution < 1.29 is 4.74 Å². The van der Waals surface area contributed by atoms with Gasteiger partial charge in [0, 0.05) is 4.90 Å². The lowest BCUT2D eigenvalue weighted by atomic mass is 10.0. The molecule has 0 spiro atoms. The molecule has 0 aliphatic heterocycles. The van der Waals surface area contributed by atoms with E-state index in [1.807, 2.05) is 0 Å². The van der Waals surface area contributed by atoms with Crippen molar-refractivity contribution in [1.29, 1.82) is 0 Å². The number of methoxy groups -OCH3 is 1. The molecule has 1 aromatic rings. The van der Waals surface area contributed by atoms with Gasteiger partial charge in [0.1, 0.15) is 5.75 Å². The van der Waals surface area contributed by atoms with E-state index >= 15 is 0 Å². The van der Waals surface area contributed by atoms with E-state index < -0.39 is 0 Å². The molecule has 1 aromatic carbocycles. The number of para-hydroxylation sites is 1. The molecule has 0 bridgehead atoms. The third-order valence-corrected chi connectivity index (χ3v) is 2.82. The average molecular weight is 196 g/mol. The second-order valence-electron chi connectivity index (χ2n) is 3.24. The van der Waals surface area contributed by atoms with Crippen LogP contribution in [-0.2, 0) is 0 Å². The lowest BCUT2D eigenvalue weighted by Crippen LogP contribution is -1.95. The monoisotopic (exact) mass is 196 g/mol. The minimum absolute atomic E-state index is 0.516. The first-order valence-corrected chi connectivity index (χ1v) is 5.64. The molecule has 0 atom stereocenters. The zero-order chi connectivity index (χ0) is 9.84. The molecule has 0 aliphatic carbocycles. The summed E-state index contributed by atoms with van der Waals surface area (Å²) in [5, 5.41) is 0. The van der Waals surface area contributed by atoms with E-state index in [0.717, 1.165) is 5.75 Å². The van der Waals surface area contributed by atoms with Gasteiger partial charge in [-0.05, 0) is 23.8 Å². The molecular formula is C11H16OS. The molecular weight excluding hydrogens is 180 g/mol. The Bertz CT molecular complexity index is 281. The van der Waals surface area contributed by atoms with Crippen LogP contribution in [0.25, 0.3) is 0 Å². The highest BCUT2D eigenvalue weighted by atomic mass is 32.2. The minimum Gasteiger partial charge on any atom is -0.495 e. The highest BCUT2D eigenvalue weighted by Crippen LogP contribution is 2.34. The minimum atomic E-state index is 0.516. The second kappa shape index (κ2) is 4.56. The van der Waals surface area contributed by atoms with Gasteiger partial charge in [0.25, 0.3) is 0 Å². The molecule has 0 saturated heterocycles. The number of hydrogen-bond acceptors (Lipinski definition) is 2. The van der Waals surface area contributed by atoms with Crippen LogP contribution >= 0.6 is 11.8 Å². The largest absolute Gasteiger partial charge is 0.495 e. The van der Waals surface area contributed by atoms with Gasteiger partial charge in [0.15, 0.2) is 0 Å². The third kappa shape index (κ3) is 2.19. The first-order chi connectivity index (χ1) is 6.20. The van der Waals surface area contributed by atoms with E-state index in [1.165, 1.54) is 10.5 Å². The summed E-state index contributed by atoms with van der Waals surface area (Å²) in [6.07, 6.45) is 2.07. The zero-order valence-corrected chi connectivity index (χ0v) is 9.44. The van der Waals surface area contributed by atoms with Gasteiger partial charge >= 0.3 is 0 Å².